The second-order valence-electron chi connectivity index (χ2n) is 21.4. The Labute approximate surface area is 384 Å². The summed E-state index contributed by atoms with van der Waals surface area (Å²) in [6, 6.07) is 54.3. The smallest absolute Gasteiger partial charge is 0.252 e. The molecule has 3 heterocycles. The Bertz CT molecular complexity index is 3290. The third kappa shape index (κ3) is 5.77. The number of benzene rings is 7. The minimum absolute atomic E-state index is 0.0128. The molecule has 7 aromatic carbocycles. The Kier molecular flexibility index (Phi) is 8.46. The minimum atomic E-state index is -0.110. The fourth-order valence-electron chi connectivity index (χ4n) is 11.5. The Morgan fingerprint density at radius 1 is 0.578 bits per heavy atom. The summed E-state index contributed by atoms with van der Waals surface area (Å²) >= 11 is 1.97. The lowest BCUT2D eigenvalue weighted by Gasteiger charge is -2.45. The third-order valence-corrected chi connectivity index (χ3v) is 16.1. The molecule has 0 saturated carbocycles. The SMILES string of the molecule is Cc1cc2c3c(c1)N(c1ccc4c(c1)C(C)(C)c1ccccc1-4)c1cc(C(C)(C)C)ccc1B3c1ccc(C(C)(C)C)cc1N2c1ccc(C2=CCCc3sc4ccccc4c32)cc1. The summed E-state index contributed by atoms with van der Waals surface area (Å²) < 4.78 is 1.38. The molecule has 0 amide bonds. The maximum Gasteiger partial charge on any atom is 0.252 e. The fraction of sp³-hybridized carbons (Fsp3) is 0.233. The van der Waals surface area contributed by atoms with Crippen LogP contribution in [0.4, 0.5) is 34.1 Å². The van der Waals surface area contributed by atoms with Gasteiger partial charge in [0, 0.05) is 60.1 Å². The molecule has 314 valence electrons. The first-order valence-electron chi connectivity index (χ1n) is 23.3. The van der Waals surface area contributed by atoms with Crippen LogP contribution in [0.25, 0.3) is 26.8 Å². The molecule has 0 saturated heterocycles. The molecule has 0 bridgehead atoms. The van der Waals surface area contributed by atoms with Gasteiger partial charge in [-0.05, 0) is 152 Å². The normalized spacial score (nSPS) is 15.6. The molecule has 0 atom stereocenters. The van der Waals surface area contributed by atoms with Crippen LogP contribution in [0.1, 0.15) is 106 Å². The summed E-state index contributed by atoms with van der Waals surface area (Å²) in [7, 11) is 0. The summed E-state index contributed by atoms with van der Waals surface area (Å²) in [5.41, 5.74) is 24.9. The molecule has 0 fully saturated rings. The van der Waals surface area contributed by atoms with Crippen LogP contribution >= 0.6 is 11.3 Å². The van der Waals surface area contributed by atoms with Gasteiger partial charge in [0.2, 0.25) is 0 Å². The molecule has 0 spiro atoms. The summed E-state index contributed by atoms with van der Waals surface area (Å²) in [5.74, 6) is 0. The number of allylic oxidation sites excluding steroid dienone is 1. The van der Waals surface area contributed by atoms with E-state index in [4.69, 9.17) is 0 Å². The maximum absolute atomic E-state index is 2.61. The molecule has 4 aliphatic rings. The monoisotopic (exact) mass is 846 g/mol. The fourth-order valence-corrected chi connectivity index (χ4v) is 12.8. The summed E-state index contributed by atoms with van der Waals surface area (Å²) in [5, 5.41) is 1.38. The van der Waals surface area contributed by atoms with E-state index in [1.165, 1.54) is 121 Å². The molecule has 0 unspecified atom stereocenters. The van der Waals surface area contributed by atoms with E-state index in [0.717, 1.165) is 12.8 Å². The Balaban J connectivity index is 1.08. The van der Waals surface area contributed by atoms with E-state index in [1.54, 1.807) is 0 Å². The lowest BCUT2D eigenvalue weighted by molar-refractivity contribution is 0.590. The third-order valence-electron chi connectivity index (χ3n) is 14.9. The van der Waals surface area contributed by atoms with Crippen LogP contribution in [0, 0.1) is 6.92 Å². The molecule has 64 heavy (non-hydrogen) atoms. The zero-order valence-corrected chi connectivity index (χ0v) is 39.5. The van der Waals surface area contributed by atoms with Gasteiger partial charge in [0.15, 0.2) is 0 Å². The van der Waals surface area contributed by atoms with Crippen molar-refractivity contribution in [3.63, 3.8) is 0 Å². The van der Waals surface area contributed by atoms with Crippen molar-refractivity contribution < 1.29 is 0 Å². The van der Waals surface area contributed by atoms with E-state index < -0.39 is 0 Å². The van der Waals surface area contributed by atoms with Gasteiger partial charge >= 0.3 is 0 Å². The molecular formula is C60H55BN2S. The van der Waals surface area contributed by atoms with Gasteiger partial charge in [-0.3, -0.25) is 0 Å². The average Bonchev–Trinajstić information content (AvgIpc) is 3.77. The van der Waals surface area contributed by atoms with E-state index in [9.17, 15) is 0 Å². The second kappa shape index (κ2) is 13.7. The van der Waals surface area contributed by atoms with Gasteiger partial charge in [-0.2, -0.15) is 0 Å². The number of rotatable bonds is 3. The predicted octanol–water partition coefficient (Wildman–Crippen LogP) is 14.6. The second-order valence-corrected chi connectivity index (χ2v) is 22.5. The van der Waals surface area contributed by atoms with Crippen LogP contribution < -0.4 is 26.2 Å². The first kappa shape index (κ1) is 39.5. The number of hydrogen-bond donors (Lipinski definition) is 0. The molecular weight excluding hydrogens is 792 g/mol. The predicted molar refractivity (Wildman–Crippen MR) is 277 cm³/mol. The van der Waals surface area contributed by atoms with Crippen molar-refractivity contribution in [3.8, 4) is 11.1 Å². The van der Waals surface area contributed by atoms with Crippen LogP contribution in [0.15, 0.2) is 146 Å². The van der Waals surface area contributed by atoms with Crippen LogP contribution in [0.5, 0.6) is 0 Å². The molecule has 0 N–H and O–H groups in total. The average molecular weight is 847 g/mol. The van der Waals surface area contributed by atoms with E-state index in [1.807, 2.05) is 11.3 Å². The van der Waals surface area contributed by atoms with Crippen LogP contribution in [-0.4, -0.2) is 6.71 Å². The highest BCUT2D eigenvalue weighted by Crippen LogP contribution is 2.52. The number of fused-ring (bicyclic) bond motifs is 10. The summed E-state index contributed by atoms with van der Waals surface area (Å²) in [6.07, 6.45) is 4.66. The molecule has 8 aromatic rings. The number of aryl methyl sites for hydroxylation is 2. The van der Waals surface area contributed by atoms with Crippen LogP contribution in [0.3, 0.4) is 0 Å². The summed E-state index contributed by atoms with van der Waals surface area (Å²) in [6.45, 7) is 21.2. The Morgan fingerprint density at radius 3 is 1.84 bits per heavy atom. The Hall–Kier alpha value is -6.10. The lowest BCUT2D eigenvalue weighted by Crippen LogP contribution is -2.61. The van der Waals surface area contributed by atoms with Gasteiger partial charge in [-0.25, -0.2) is 0 Å². The molecule has 12 rings (SSSR count). The number of thiophene rings is 1. The Morgan fingerprint density at radius 2 is 1.17 bits per heavy atom. The minimum Gasteiger partial charge on any atom is -0.311 e. The number of anilines is 6. The molecule has 2 aliphatic carbocycles. The van der Waals surface area contributed by atoms with Crippen LogP contribution in [0.2, 0.25) is 0 Å². The van der Waals surface area contributed by atoms with E-state index in [2.05, 4.69) is 218 Å². The quantitative estimate of drug-likeness (QED) is 0.163. The van der Waals surface area contributed by atoms with Gasteiger partial charge in [-0.15, -0.1) is 11.3 Å². The summed E-state index contributed by atoms with van der Waals surface area (Å²) in [4.78, 5) is 6.71. The molecule has 2 nitrogen and oxygen atoms in total. The molecule has 4 heteroatoms. The van der Waals surface area contributed by atoms with Gasteiger partial charge in [-0.1, -0.05) is 146 Å². The van der Waals surface area contributed by atoms with E-state index >= 15 is 0 Å². The number of hydrogen-bond acceptors (Lipinski definition) is 3. The van der Waals surface area contributed by atoms with E-state index in [0.29, 0.717) is 0 Å². The van der Waals surface area contributed by atoms with Crippen molar-refractivity contribution in [2.75, 3.05) is 9.80 Å². The van der Waals surface area contributed by atoms with Gasteiger partial charge in [0.1, 0.15) is 0 Å². The molecule has 0 radical (unpaired) electrons. The molecule has 2 aliphatic heterocycles. The van der Waals surface area contributed by atoms with Crippen molar-refractivity contribution >= 4 is 84.2 Å². The van der Waals surface area contributed by atoms with Gasteiger partial charge in [0.25, 0.3) is 6.71 Å². The lowest BCUT2D eigenvalue weighted by atomic mass is 9.33. The maximum atomic E-state index is 2.61. The first-order valence-corrected chi connectivity index (χ1v) is 24.1. The first-order chi connectivity index (χ1) is 30.7. The largest absolute Gasteiger partial charge is 0.311 e. The zero-order chi connectivity index (χ0) is 44.0. The zero-order valence-electron chi connectivity index (χ0n) is 38.7. The van der Waals surface area contributed by atoms with Gasteiger partial charge < -0.3 is 9.80 Å². The standard InChI is InChI=1S/C60H55BN2S/c1-36-31-52-57-53(32-36)63(41-27-28-44-43-15-10-12-18-46(43)60(8,9)47(44)35-41)51-34-39(59(5,6)7)24-30-49(51)61(57)48-29-23-38(58(2,3)4)33-50(48)62(52)40-25-21-37(22-26-40)42-17-14-20-55-56(42)45-16-11-13-19-54(45)64-55/h10-13,15-19,21-35H,14,20H2,1-9H3. The van der Waals surface area contributed by atoms with E-state index in [-0.39, 0.29) is 23.0 Å². The van der Waals surface area contributed by atoms with Crippen molar-refractivity contribution in [1.82, 2.24) is 0 Å². The highest BCUT2D eigenvalue weighted by Gasteiger charge is 2.45. The highest BCUT2D eigenvalue weighted by molar-refractivity contribution is 7.19. The topological polar surface area (TPSA) is 6.48 Å². The highest BCUT2D eigenvalue weighted by atomic mass is 32.1. The van der Waals surface area contributed by atoms with Crippen molar-refractivity contribution in [2.45, 2.75) is 91.4 Å². The number of nitrogens with zero attached hydrogens (tertiary/aromatic N) is 2. The molecule has 1 aromatic heterocycles. The van der Waals surface area contributed by atoms with Crippen molar-refractivity contribution in [3.05, 3.63) is 189 Å². The van der Waals surface area contributed by atoms with Crippen LogP contribution in [-0.2, 0) is 22.7 Å². The van der Waals surface area contributed by atoms with Crippen molar-refractivity contribution in [1.29, 1.82) is 0 Å². The van der Waals surface area contributed by atoms with Crippen molar-refractivity contribution in [2.24, 2.45) is 0 Å². The van der Waals surface area contributed by atoms with Gasteiger partial charge in [0.05, 0.1) is 0 Å².